The van der Waals surface area contributed by atoms with Crippen LogP contribution in [0.3, 0.4) is 0 Å². The molecule has 0 aliphatic carbocycles. The van der Waals surface area contributed by atoms with E-state index in [-0.39, 0.29) is 35.7 Å². The fourth-order valence-corrected chi connectivity index (χ4v) is 4.00. The summed E-state index contributed by atoms with van der Waals surface area (Å²) in [6.07, 6.45) is 15.1. The molecule has 2 unspecified atom stereocenters. The van der Waals surface area contributed by atoms with Crippen LogP contribution in [0.1, 0.15) is 110 Å². The average molecular weight is 387 g/mol. The smallest absolute Gasteiger partial charge is 0.748 e. The molecule has 0 saturated carbocycles. The Morgan fingerprint density at radius 2 is 1.16 bits per heavy atom. The monoisotopic (exact) mass is 386 g/mol. The van der Waals surface area contributed by atoms with E-state index in [0.717, 1.165) is 38.5 Å². The van der Waals surface area contributed by atoms with Crippen LogP contribution in [0, 0.1) is 0 Å². The van der Waals surface area contributed by atoms with Crippen molar-refractivity contribution in [2.24, 2.45) is 0 Å². The summed E-state index contributed by atoms with van der Waals surface area (Å²) in [7, 11) is -4.14. The third kappa shape index (κ3) is 18.0. The second-order valence-corrected chi connectivity index (χ2v) is 8.73. The Labute approximate surface area is 178 Å². The van der Waals surface area contributed by atoms with Gasteiger partial charge in [-0.05, 0) is 25.7 Å². The topological polar surface area (TPSA) is 77.4 Å². The van der Waals surface area contributed by atoms with Crippen molar-refractivity contribution in [3.8, 4) is 0 Å². The molecule has 0 spiro atoms. The molecular formula is C19H39NaO4S. The van der Waals surface area contributed by atoms with E-state index in [2.05, 4.69) is 6.92 Å². The van der Waals surface area contributed by atoms with Gasteiger partial charge in [-0.15, -0.1) is 0 Å². The van der Waals surface area contributed by atoms with Gasteiger partial charge in [0, 0.05) is 5.25 Å². The molecule has 6 heteroatoms. The van der Waals surface area contributed by atoms with E-state index in [0.29, 0.717) is 12.8 Å². The van der Waals surface area contributed by atoms with E-state index in [1.165, 1.54) is 44.9 Å². The summed E-state index contributed by atoms with van der Waals surface area (Å²) in [5, 5.41) is 9.22. The molecule has 146 valence electrons. The Morgan fingerprint density at radius 1 is 0.760 bits per heavy atom. The van der Waals surface area contributed by atoms with Gasteiger partial charge in [0.05, 0.1) is 16.2 Å². The van der Waals surface area contributed by atoms with E-state index in [1.54, 1.807) is 6.92 Å². The first-order valence-electron chi connectivity index (χ1n) is 10.0. The van der Waals surface area contributed by atoms with Gasteiger partial charge < -0.3 is 9.66 Å². The number of hydrogen-bond donors (Lipinski definition) is 1. The summed E-state index contributed by atoms with van der Waals surface area (Å²) in [6.45, 7) is 3.98. The van der Waals surface area contributed by atoms with E-state index in [4.69, 9.17) is 0 Å². The largest absolute Gasteiger partial charge is 1.00 e. The van der Waals surface area contributed by atoms with E-state index >= 15 is 0 Å². The minimum Gasteiger partial charge on any atom is -0.748 e. The van der Waals surface area contributed by atoms with Crippen LogP contribution in [0.15, 0.2) is 0 Å². The van der Waals surface area contributed by atoms with Crippen LogP contribution >= 0.6 is 0 Å². The molecule has 0 radical (unpaired) electrons. The molecule has 0 fully saturated rings. The first-order chi connectivity index (χ1) is 11.4. The van der Waals surface area contributed by atoms with Crippen molar-refractivity contribution in [3.05, 3.63) is 0 Å². The Balaban J connectivity index is 0. The summed E-state index contributed by atoms with van der Waals surface area (Å²) < 4.78 is 33.0. The standard InChI is InChI=1S/C19H40O4S.Na/c1-3-5-6-7-8-9-10-12-15-18(20)16-13-11-14-17-19(4-2)24(21,22)23;/h18-20H,3-17H2,1-2H3,(H,21,22,23);/q;+1/p-1. The quantitative estimate of drug-likeness (QED) is 0.236. The molecule has 0 bridgehead atoms. The summed E-state index contributed by atoms with van der Waals surface area (Å²) in [4.78, 5) is 0. The average Bonchev–Trinajstić information content (AvgIpc) is 2.52. The number of unbranched alkanes of at least 4 members (excludes halogenated alkanes) is 9. The van der Waals surface area contributed by atoms with Gasteiger partial charge in [0.2, 0.25) is 0 Å². The normalized spacial score (nSPS) is 14.1. The van der Waals surface area contributed by atoms with Crippen LogP contribution in [0.2, 0.25) is 0 Å². The first kappa shape index (κ1) is 28.1. The summed E-state index contributed by atoms with van der Waals surface area (Å²) in [6, 6.07) is 0. The fraction of sp³-hybridized carbons (Fsp3) is 1.00. The zero-order valence-corrected chi connectivity index (χ0v) is 19.7. The van der Waals surface area contributed by atoms with Crippen molar-refractivity contribution in [3.63, 3.8) is 0 Å². The number of rotatable bonds is 17. The SMILES string of the molecule is CCCCCCCCCCC(O)CCCCCC(CC)S(=O)(=O)[O-].[Na+]. The van der Waals surface area contributed by atoms with Crippen molar-refractivity contribution >= 4 is 10.1 Å². The van der Waals surface area contributed by atoms with Gasteiger partial charge in [0.15, 0.2) is 0 Å². The summed E-state index contributed by atoms with van der Waals surface area (Å²) in [5.74, 6) is 0. The molecule has 25 heavy (non-hydrogen) atoms. The molecule has 0 aromatic heterocycles. The molecule has 0 amide bonds. The number of aliphatic hydroxyl groups is 1. The third-order valence-corrected chi connectivity index (χ3v) is 6.20. The van der Waals surface area contributed by atoms with Crippen LogP contribution in [-0.2, 0) is 10.1 Å². The zero-order valence-electron chi connectivity index (χ0n) is 16.8. The van der Waals surface area contributed by atoms with Gasteiger partial charge in [-0.3, -0.25) is 0 Å². The second kappa shape index (κ2) is 18.2. The second-order valence-electron chi connectivity index (χ2n) is 7.08. The van der Waals surface area contributed by atoms with E-state index in [9.17, 15) is 18.1 Å². The molecule has 1 N–H and O–H groups in total. The summed E-state index contributed by atoms with van der Waals surface area (Å²) >= 11 is 0. The predicted octanol–water partition coefficient (Wildman–Crippen LogP) is 2.16. The van der Waals surface area contributed by atoms with Crippen LogP contribution in [-0.4, -0.2) is 29.4 Å². The third-order valence-electron chi connectivity index (χ3n) is 4.82. The van der Waals surface area contributed by atoms with Crippen LogP contribution < -0.4 is 29.6 Å². The van der Waals surface area contributed by atoms with Crippen molar-refractivity contribution in [1.82, 2.24) is 0 Å². The van der Waals surface area contributed by atoms with E-state index in [1.807, 2.05) is 0 Å². The van der Waals surface area contributed by atoms with Crippen molar-refractivity contribution in [1.29, 1.82) is 0 Å². The Hall–Kier alpha value is 0.870. The van der Waals surface area contributed by atoms with Crippen molar-refractivity contribution < 1.29 is 47.6 Å². The molecule has 0 aliphatic heterocycles. The van der Waals surface area contributed by atoms with Gasteiger partial charge in [0.1, 0.15) is 0 Å². The molecule has 0 heterocycles. The summed E-state index contributed by atoms with van der Waals surface area (Å²) in [5.41, 5.74) is 0. The van der Waals surface area contributed by atoms with Crippen LogP contribution in [0.5, 0.6) is 0 Å². The molecule has 0 aromatic carbocycles. The maximum atomic E-state index is 11.0. The minimum absolute atomic E-state index is 0. The molecule has 0 aliphatic rings. The number of aliphatic hydroxyl groups excluding tert-OH is 1. The zero-order chi connectivity index (χ0) is 18.3. The van der Waals surface area contributed by atoms with Gasteiger partial charge in [-0.2, -0.15) is 0 Å². The Kier molecular flexibility index (Phi) is 20.5. The minimum atomic E-state index is -4.14. The van der Waals surface area contributed by atoms with E-state index < -0.39 is 15.4 Å². The molecule has 0 saturated heterocycles. The van der Waals surface area contributed by atoms with Crippen molar-refractivity contribution in [2.75, 3.05) is 0 Å². The Bertz CT molecular complexity index is 374. The van der Waals surface area contributed by atoms with Crippen molar-refractivity contribution in [2.45, 2.75) is 122 Å². The van der Waals surface area contributed by atoms with Crippen LogP contribution in [0.25, 0.3) is 0 Å². The maximum absolute atomic E-state index is 11.0. The molecule has 4 nitrogen and oxygen atoms in total. The molecule has 0 rings (SSSR count). The van der Waals surface area contributed by atoms with Gasteiger partial charge in [-0.25, -0.2) is 8.42 Å². The first-order valence-corrected chi connectivity index (χ1v) is 11.5. The molecule has 2 atom stereocenters. The van der Waals surface area contributed by atoms with Gasteiger partial charge in [0.25, 0.3) is 0 Å². The molecular weight excluding hydrogens is 347 g/mol. The predicted molar refractivity (Wildman–Crippen MR) is 100 cm³/mol. The Morgan fingerprint density at radius 3 is 1.60 bits per heavy atom. The number of hydrogen-bond acceptors (Lipinski definition) is 4. The van der Waals surface area contributed by atoms with Crippen LogP contribution in [0.4, 0.5) is 0 Å². The fourth-order valence-electron chi connectivity index (χ4n) is 3.14. The van der Waals surface area contributed by atoms with Gasteiger partial charge in [-0.1, -0.05) is 84.5 Å². The van der Waals surface area contributed by atoms with Gasteiger partial charge >= 0.3 is 29.6 Å². The maximum Gasteiger partial charge on any atom is 1.00 e. The molecule has 0 aromatic rings.